The van der Waals surface area contributed by atoms with Gasteiger partial charge in [0.05, 0.1) is 26.5 Å². The zero-order chi connectivity index (χ0) is 15.9. The minimum absolute atomic E-state index is 0.0822. The van der Waals surface area contributed by atoms with Crippen LogP contribution in [0.2, 0.25) is 0 Å². The maximum absolute atomic E-state index is 12.1. The number of carbonyl (C=O) groups excluding carboxylic acids is 1. The summed E-state index contributed by atoms with van der Waals surface area (Å²) in [6.45, 7) is 1.06. The normalized spacial score (nSPS) is 10.5. The average molecular weight is 320 g/mol. The van der Waals surface area contributed by atoms with Crippen molar-refractivity contribution in [2.75, 3.05) is 33.1 Å². The van der Waals surface area contributed by atoms with Crippen LogP contribution in [0.3, 0.4) is 0 Å². The Kier molecular flexibility index (Phi) is 5.80. The summed E-state index contributed by atoms with van der Waals surface area (Å²) in [7, 11) is 5.07. The molecule has 0 saturated heterocycles. The van der Waals surface area contributed by atoms with Crippen LogP contribution in [0.1, 0.15) is 5.56 Å². The number of amides is 1. The lowest BCUT2D eigenvalue weighted by Gasteiger charge is -2.16. The van der Waals surface area contributed by atoms with Crippen LogP contribution in [0.25, 0.3) is 0 Å². The van der Waals surface area contributed by atoms with Gasteiger partial charge >= 0.3 is 0 Å². The Balaban J connectivity index is 1.94. The van der Waals surface area contributed by atoms with Crippen LogP contribution in [-0.2, 0) is 11.3 Å². The number of thiophene rings is 1. The number of likely N-dealkylation sites (N-methyl/N-ethyl adjacent to an activating group) is 1. The van der Waals surface area contributed by atoms with E-state index in [0.717, 1.165) is 6.54 Å². The minimum atomic E-state index is -0.0822. The lowest BCUT2D eigenvalue weighted by Crippen LogP contribution is -2.29. The predicted octanol–water partition coefficient (Wildman–Crippen LogP) is 2.84. The Morgan fingerprint density at radius 1 is 1.27 bits per heavy atom. The molecule has 0 radical (unpaired) electrons. The Labute approximate surface area is 134 Å². The van der Waals surface area contributed by atoms with E-state index >= 15 is 0 Å². The van der Waals surface area contributed by atoms with Crippen LogP contribution in [0.4, 0.5) is 5.69 Å². The van der Waals surface area contributed by atoms with E-state index in [9.17, 15) is 4.79 Å². The molecule has 0 aliphatic rings. The van der Waals surface area contributed by atoms with Crippen molar-refractivity contribution in [3.63, 3.8) is 0 Å². The smallest absolute Gasteiger partial charge is 0.238 e. The number of ether oxygens (including phenoxy) is 2. The Hall–Kier alpha value is -2.05. The molecule has 0 aliphatic carbocycles. The second-order valence-corrected chi connectivity index (χ2v) is 5.70. The highest BCUT2D eigenvalue weighted by Crippen LogP contribution is 2.28. The molecule has 1 N–H and O–H groups in total. The lowest BCUT2D eigenvalue weighted by molar-refractivity contribution is -0.117. The third-order valence-electron chi connectivity index (χ3n) is 3.13. The molecule has 0 fully saturated rings. The van der Waals surface area contributed by atoms with Gasteiger partial charge in [0.1, 0.15) is 11.5 Å². The SMILES string of the molecule is COc1ccc(NC(=O)CN(C)Cc2ccsc2)c(OC)c1. The van der Waals surface area contributed by atoms with E-state index in [0.29, 0.717) is 23.7 Å². The van der Waals surface area contributed by atoms with Crippen LogP contribution in [0, 0.1) is 0 Å². The van der Waals surface area contributed by atoms with Gasteiger partial charge in [-0.2, -0.15) is 11.3 Å². The van der Waals surface area contributed by atoms with Gasteiger partial charge in [-0.3, -0.25) is 9.69 Å². The molecule has 118 valence electrons. The lowest BCUT2D eigenvalue weighted by atomic mass is 10.2. The molecule has 1 heterocycles. The van der Waals surface area contributed by atoms with Crippen LogP contribution < -0.4 is 14.8 Å². The quantitative estimate of drug-likeness (QED) is 0.852. The van der Waals surface area contributed by atoms with E-state index < -0.39 is 0 Å². The maximum atomic E-state index is 12.1. The van der Waals surface area contributed by atoms with E-state index in [-0.39, 0.29) is 5.91 Å². The second-order valence-electron chi connectivity index (χ2n) is 4.92. The summed E-state index contributed by atoms with van der Waals surface area (Å²) < 4.78 is 10.4. The fourth-order valence-electron chi connectivity index (χ4n) is 2.09. The van der Waals surface area contributed by atoms with Gasteiger partial charge in [0.25, 0.3) is 0 Å². The molecule has 0 bridgehead atoms. The highest BCUT2D eigenvalue weighted by atomic mass is 32.1. The largest absolute Gasteiger partial charge is 0.497 e. The number of methoxy groups -OCH3 is 2. The Bertz CT molecular complexity index is 614. The molecule has 0 spiro atoms. The minimum Gasteiger partial charge on any atom is -0.497 e. The molecule has 0 saturated carbocycles. The number of anilines is 1. The number of hydrogen-bond acceptors (Lipinski definition) is 5. The fourth-order valence-corrected chi connectivity index (χ4v) is 2.75. The molecule has 0 unspecified atom stereocenters. The predicted molar refractivity (Wildman–Crippen MR) is 88.8 cm³/mol. The first-order chi connectivity index (χ1) is 10.6. The number of nitrogens with one attached hydrogen (secondary N) is 1. The molecule has 1 aromatic carbocycles. The monoisotopic (exact) mass is 320 g/mol. The molecule has 0 aliphatic heterocycles. The van der Waals surface area contributed by atoms with Crippen molar-refractivity contribution in [1.29, 1.82) is 0 Å². The molecule has 6 heteroatoms. The first-order valence-corrected chi connectivity index (χ1v) is 7.78. The van der Waals surface area contributed by atoms with Gasteiger partial charge in [0.2, 0.25) is 5.91 Å². The number of nitrogens with zero attached hydrogens (tertiary/aromatic N) is 1. The molecule has 1 aromatic heterocycles. The molecule has 2 rings (SSSR count). The summed E-state index contributed by atoms with van der Waals surface area (Å²) in [4.78, 5) is 14.1. The number of hydrogen-bond donors (Lipinski definition) is 1. The topological polar surface area (TPSA) is 50.8 Å². The summed E-state index contributed by atoms with van der Waals surface area (Å²) >= 11 is 1.66. The van der Waals surface area contributed by atoms with E-state index in [1.807, 2.05) is 17.3 Å². The summed E-state index contributed by atoms with van der Waals surface area (Å²) in [6.07, 6.45) is 0. The third-order valence-corrected chi connectivity index (χ3v) is 3.86. The fraction of sp³-hybridized carbons (Fsp3) is 0.312. The van der Waals surface area contributed by atoms with Crippen molar-refractivity contribution in [1.82, 2.24) is 4.90 Å². The Morgan fingerprint density at radius 3 is 2.73 bits per heavy atom. The molecular weight excluding hydrogens is 300 g/mol. The molecule has 22 heavy (non-hydrogen) atoms. The van der Waals surface area contributed by atoms with E-state index in [2.05, 4.69) is 16.8 Å². The van der Waals surface area contributed by atoms with Crippen molar-refractivity contribution in [2.45, 2.75) is 6.54 Å². The van der Waals surface area contributed by atoms with Crippen LogP contribution in [0.5, 0.6) is 11.5 Å². The highest BCUT2D eigenvalue weighted by molar-refractivity contribution is 7.07. The summed E-state index contributed by atoms with van der Waals surface area (Å²) in [6, 6.07) is 7.36. The summed E-state index contributed by atoms with van der Waals surface area (Å²) in [5, 5.41) is 6.98. The van der Waals surface area contributed by atoms with Crippen molar-refractivity contribution in [3.8, 4) is 11.5 Å². The van der Waals surface area contributed by atoms with Crippen molar-refractivity contribution in [2.24, 2.45) is 0 Å². The first kappa shape index (κ1) is 16.3. The van der Waals surface area contributed by atoms with Gasteiger partial charge in [-0.25, -0.2) is 0 Å². The van der Waals surface area contributed by atoms with Crippen LogP contribution in [0.15, 0.2) is 35.0 Å². The molecular formula is C16H20N2O3S. The van der Waals surface area contributed by atoms with Crippen molar-refractivity contribution >= 4 is 22.9 Å². The van der Waals surface area contributed by atoms with Crippen molar-refractivity contribution in [3.05, 3.63) is 40.6 Å². The maximum Gasteiger partial charge on any atom is 0.238 e. The zero-order valence-corrected chi connectivity index (χ0v) is 13.8. The second kappa shape index (κ2) is 7.82. The standard InChI is InChI=1S/C16H20N2O3S/c1-18(9-12-6-7-22-11-12)10-16(19)17-14-5-4-13(20-2)8-15(14)21-3/h4-8,11H,9-10H2,1-3H3,(H,17,19). The van der Waals surface area contributed by atoms with Gasteiger partial charge in [0.15, 0.2) is 0 Å². The van der Waals surface area contributed by atoms with Gasteiger partial charge in [-0.05, 0) is 41.6 Å². The van der Waals surface area contributed by atoms with E-state index in [4.69, 9.17) is 9.47 Å². The molecule has 0 atom stereocenters. The number of carbonyl (C=O) groups is 1. The Morgan fingerprint density at radius 2 is 2.09 bits per heavy atom. The van der Waals surface area contributed by atoms with E-state index in [1.165, 1.54) is 5.56 Å². The van der Waals surface area contributed by atoms with Gasteiger partial charge in [0, 0.05) is 12.6 Å². The molecule has 2 aromatic rings. The number of rotatable bonds is 7. The van der Waals surface area contributed by atoms with Crippen LogP contribution in [-0.4, -0.2) is 38.6 Å². The van der Waals surface area contributed by atoms with Crippen LogP contribution >= 0.6 is 11.3 Å². The summed E-state index contributed by atoms with van der Waals surface area (Å²) in [5.74, 6) is 1.18. The highest BCUT2D eigenvalue weighted by Gasteiger charge is 2.11. The summed E-state index contributed by atoms with van der Waals surface area (Å²) in [5.41, 5.74) is 1.85. The average Bonchev–Trinajstić information content (AvgIpc) is 3.00. The molecule has 5 nitrogen and oxygen atoms in total. The number of benzene rings is 1. The molecule has 1 amide bonds. The zero-order valence-electron chi connectivity index (χ0n) is 13.0. The first-order valence-electron chi connectivity index (χ1n) is 6.84. The third kappa shape index (κ3) is 4.47. The van der Waals surface area contributed by atoms with Gasteiger partial charge < -0.3 is 14.8 Å². The van der Waals surface area contributed by atoms with Gasteiger partial charge in [-0.15, -0.1) is 0 Å². The van der Waals surface area contributed by atoms with E-state index in [1.54, 1.807) is 43.8 Å². The van der Waals surface area contributed by atoms with Gasteiger partial charge in [-0.1, -0.05) is 0 Å². The van der Waals surface area contributed by atoms with Crippen molar-refractivity contribution < 1.29 is 14.3 Å².